The maximum absolute atomic E-state index is 12.4. The molecule has 1 fully saturated rings. The van der Waals surface area contributed by atoms with E-state index in [0.717, 1.165) is 19.4 Å². The molecular weight excluding hydrogens is 262 g/mol. The fraction of sp³-hybridized carbons (Fsp3) is 0.882. The minimum absolute atomic E-state index is 0.0754. The quantitative estimate of drug-likeness (QED) is 0.710. The van der Waals surface area contributed by atoms with E-state index >= 15 is 0 Å². The van der Waals surface area contributed by atoms with E-state index in [9.17, 15) is 10.1 Å². The molecule has 1 aliphatic rings. The van der Waals surface area contributed by atoms with Gasteiger partial charge in [0.2, 0.25) is 5.91 Å². The Labute approximate surface area is 129 Å². The van der Waals surface area contributed by atoms with Crippen LogP contribution in [0, 0.1) is 16.7 Å². The number of carbonyl (C=O) groups is 1. The van der Waals surface area contributed by atoms with E-state index in [-0.39, 0.29) is 5.91 Å². The lowest BCUT2D eigenvalue weighted by Crippen LogP contribution is -2.44. The number of nitrogens with zero attached hydrogens (tertiary/aromatic N) is 2. The molecule has 0 bridgehead atoms. The van der Waals surface area contributed by atoms with Crippen molar-refractivity contribution in [2.24, 2.45) is 5.41 Å². The Morgan fingerprint density at radius 3 is 2.33 bits per heavy atom. The van der Waals surface area contributed by atoms with Crippen LogP contribution in [-0.2, 0) is 4.79 Å². The highest BCUT2D eigenvalue weighted by atomic mass is 16.2. The summed E-state index contributed by atoms with van der Waals surface area (Å²) in [5.74, 6) is -0.0754. The summed E-state index contributed by atoms with van der Waals surface area (Å²) >= 11 is 0. The van der Waals surface area contributed by atoms with E-state index in [1.54, 1.807) is 0 Å². The molecule has 0 spiro atoms. The zero-order valence-electron chi connectivity index (χ0n) is 14.0. The molecule has 120 valence electrons. The van der Waals surface area contributed by atoms with Crippen LogP contribution in [-0.4, -0.2) is 37.0 Å². The molecule has 0 aromatic carbocycles. The van der Waals surface area contributed by atoms with Gasteiger partial charge in [0.25, 0.3) is 0 Å². The number of rotatable bonds is 9. The number of hydrogen-bond donors (Lipinski definition) is 1. The van der Waals surface area contributed by atoms with Crippen LogP contribution >= 0.6 is 0 Å². The molecule has 0 aromatic heterocycles. The standard InChI is InChI=1S/C17H31N3O/c1-4-10-17(14-18,11-5-2)16(21)19-12-13-20(3)15-8-6-7-9-15/h15H,4-13H2,1-3H3,(H,19,21). The van der Waals surface area contributed by atoms with Gasteiger partial charge in [0.1, 0.15) is 5.41 Å². The van der Waals surface area contributed by atoms with Gasteiger partial charge in [-0.25, -0.2) is 0 Å². The smallest absolute Gasteiger partial charge is 0.240 e. The van der Waals surface area contributed by atoms with Crippen molar-refractivity contribution in [2.75, 3.05) is 20.1 Å². The second kappa shape index (κ2) is 9.04. The first-order chi connectivity index (χ1) is 10.1. The van der Waals surface area contributed by atoms with Crippen LogP contribution in [0.25, 0.3) is 0 Å². The third kappa shape index (κ3) is 5.00. The van der Waals surface area contributed by atoms with Crippen molar-refractivity contribution in [3.05, 3.63) is 0 Å². The zero-order chi connectivity index (χ0) is 15.7. The predicted molar refractivity (Wildman–Crippen MR) is 85.8 cm³/mol. The normalized spacial score (nSPS) is 16.1. The molecule has 0 atom stereocenters. The summed E-state index contributed by atoms with van der Waals surface area (Å²) in [5.41, 5.74) is -0.824. The Morgan fingerprint density at radius 2 is 1.86 bits per heavy atom. The Bertz CT molecular complexity index is 350. The lowest BCUT2D eigenvalue weighted by Gasteiger charge is -2.27. The van der Waals surface area contributed by atoms with Gasteiger partial charge in [-0.05, 0) is 32.7 Å². The highest BCUT2D eigenvalue weighted by molar-refractivity contribution is 5.85. The van der Waals surface area contributed by atoms with Crippen LogP contribution in [0.1, 0.15) is 65.2 Å². The maximum Gasteiger partial charge on any atom is 0.240 e. The van der Waals surface area contributed by atoms with Gasteiger partial charge >= 0.3 is 0 Å². The first kappa shape index (κ1) is 18.0. The molecule has 0 aliphatic heterocycles. The number of likely N-dealkylation sites (N-methyl/N-ethyl adjacent to an activating group) is 1. The Balaban J connectivity index is 2.44. The average Bonchev–Trinajstić information content (AvgIpc) is 3.00. The Morgan fingerprint density at radius 1 is 1.29 bits per heavy atom. The van der Waals surface area contributed by atoms with Crippen molar-refractivity contribution in [3.8, 4) is 6.07 Å². The summed E-state index contributed by atoms with van der Waals surface area (Å²) in [5, 5.41) is 12.5. The van der Waals surface area contributed by atoms with E-state index in [0.29, 0.717) is 25.4 Å². The van der Waals surface area contributed by atoms with E-state index in [2.05, 4.69) is 23.3 Å². The van der Waals surface area contributed by atoms with Crippen LogP contribution in [0.2, 0.25) is 0 Å². The second-order valence-corrected chi connectivity index (χ2v) is 6.37. The Kier molecular flexibility index (Phi) is 7.74. The third-order valence-corrected chi connectivity index (χ3v) is 4.70. The topological polar surface area (TPSA) is 56.1 Å². The number of carbonyl (C=O) groups excluding carboxylic acids is 1. The molecule has 1 amide bonds. The molecule has 0 radical (unpaired) electrons. The molecule has 0 heterocycles. The number of hydrogen-bond acceptors (Lipinski definition) is 3. The van der Waals surface area contributed by atoms with E-state index in [4.69, 9.17) is 0 Å². The molecular formula is C17H31N3O. The molecule has 0 saturated heterocycles. The predicted octanol–water partition coefficient (Wildman–Crippen LogP) is 3.09. The van der Waals surface area contributed by atoms with Crippen molar-refractivity contribution >= 4 is 5.91 Å². The van der Waals surface area contributed by atoms with Crippen molar-refractivity contribution in [2.45, 2.75) is 71.3 Å². The third-order valence-electron chi connectivity index (χ3n) is 4.70. The van der Waals surface area contributed by atoms with Crippen LogP contribution in [0.15, 0.2) is 0 Å². The zero-order valence-corrected chi connectivity index (χ0v) is 14.0. The molecule has 4 heteroatoms. The molecule has 0 aromatic rings. The molecule has 21 heavy (non-hydrogen) atoms. The fourth-order valence-electron chi connectivity index (χ4n) is 3.41. The van der Waals surface area contributed by atoms with Gasteiger partial charge in [-0.1, -0.05) is 39.5 Å². The van der Waals surface area contributed by atoms with E-state index in [1.165, 1.54) is 25.7 Å². The summed E-state index contributed by atoms with van der Waals surface area (Å²) < 4.78 is 0. The fourth-order valence-corrected chi connectivity index (χ4v) is 3.41. The lowest BCUT2D eigenvalue weighted by atomic mass is 9.80. The average molecular weight is 293 g/mol. The molecule has 1 saturated carbocycles. The van der Waals surface area contributed by atoms with Gasteiger partial charge in [0, 0.05) is 19.1 Å². The molecule has 1 rings (SSSR count). The van der Waals surface area contributed by atoms with Crippen molar-refractivity contribution in [1.82, 2.24) is 10.2 Å². The molecule has 1 N–H and O–H groups in total. The molecule has 0 unspecified atom stereocenters. The van der Waals surface area contributed by atoms with Crippen molar-refractivity contribution < 1.29 is 4.79 Å². The van der Waals surface area contributed by atoms with E-state index in [1.807, 2.05) is 13.8 Å². The minimum atomic E-state index is -0.824. The van der Waals surface area contributed by atoms with Crippen LogP contribution < -0.4 is 5.32 Å². The van der Waals surface area contributed by atoms with Gasteiger partial charge in [0.15, 0.2) is 0 Å². The highest BCUT2D eigenvalue weighted by Crippen LogP contribution is 2.29. The van der Waals surface area contributed by atoms with Crippen LogP contribution in [0.4, 0.5) is 0 Å². The maximum atomic E-state index is 12.4. The van der Waals surface area contributed by atoms with Gasteiger partial charge in [-0.2, -0.15) is 5.26 Å². The van der Waals surface area contributed by atoms with E-state index < -0.39 is 5.41 Å². The molecule has 1 aliphatic carbocycles. The first-order valence-electron chi connectivity index (χ1n) is 8.49. The summed E-state index contributed by atoms with van der Waals surface area (Å²) in [6, 6.07) is 2.96. The largest absolute Gasteiger partial charge is 0.353 e. The highest BCUT2D eigenvalue weighted by Gasteiger charge is 2.36. The van der Waals surface area contributed by atoms with Gasteiger partial charge in [-0.3, -0.25) is 4.79 Å². The number of nitriles is 1. The molecule has 4 nitrogen and oxygen atoms in total. The lowest BCUT2D eigenvalue weighted by molar-refractivity contribution is -0.129. The van der Waals surface area contributed by atoms with Crippen LogP contribution in [0.5, 0.6) is 0 Å². The Hall–Kier alpha value is -1.08. The summed E-state index contributed by atoms with van der Waals surface area (Å²) in [6.07, 6.45) is 8.24. The first-order valence-corrected chi connectivity index (χ1v) is 8.49. The van der Waals surface area contributed by atoms with Crippen molar-refractivity contribution in [3.63, 3.8) is 0 Å². The summed E-state index contributed by atoms with van der Waals surface area (Å²) in [4.78, 5) is 14.8. The van der Waals surface area contributed by atoms with Gasteiger partial charge in [0.05, 0.1) is 6.07 Å². The summed E-state index contributed by atoms with van der Waals surface area (Å²) in [7, 11) is 2.14. The summed E-state index contributed by atoms with van der Waals surface area (Å²) in [6.45, 7) is 5.57. The van der Waals surface area contributed by atoms with Crippen molar-refractivity contribution in [1.29, 1.82) is 5.26 Å². The van der Waals surface area contributed by atoms with Gasteiger partial charge in [-0.15, -0.1) is 0 Å². The van der Waals surface area contributed by atoms with Crippen LogP contribution in [0.3, 0.4) is 0 Å². The monoisotopic (exact) mass is 293 g/mol. The minimum Gasteiger partial charge on any atom is -0.353 e. The SMILES string of the molecule is CCCC(C#N)(CCC)C(=O)NCCN(C)C1CCCC1. The number of nitrogens with one attached hydrogen (secondary N) is 1. The number of amides is 1. The second-order valence-electron chi connectivity index (χ2n) is 6.37. The van der Waals surface area contributed by atoms with Gasteiger partial charge < -0.3 is 10.2 Å².